The van der Waals surface area contributed by atoms with Gasteiger partial charge in [0, 0.05) is 17.1 Å². The number of rotatable bonds is 6. The highest BCUT2D eigenvalue weighted by Crippen LogP contribution is 2.11. The third-order valence-electron chi connectivity index (χ3n) is 2.35. The van der Waals surface area contributed by atoms with Gasteiger partial charge in [0.2, 0.25) is 0 Å². The van der Waals surface area contributed by atoms with Gasteiger partial charge in [0.15, 0.2) is 0 Å². The topological polar surface area (TPSA) is 12.0 Å². The van der Waals surface area contributed by atoms with Crippen molar-refractivity contribution in [1.82, 2.24) is 5.32 Å². The van der Waals surface area contributed by atoms with E-state index in [-0.39, 0.29) is 0 Å². The van der Waals surface area contributed by atoms with Crippen LogP contribution in [0.25, 0.3) is 0 Å². The Labute approximate surface area is 101 Å². The summed E-state index contributed by atoms with van der Waals surface area (Å²) in [6.45, 7) is 6.87. The molecule has 1 N–H and O–H groups in total. The van der Waals surface area contributed by atoms with Crippen molar-refractivity contribution in [3.63, 3.8) is 0 Å². The van der Waals surface area contributed by atoms with E-state index >= 15 is 0 Å². The van der Waals surface area contributed by atoms with Gasteiger partial charge >= 0.3 is 0 Å². The SMILES string of the molecule is C=CCCC(C)NCc1cccc(Br)c1. The molecule has 0 saturated heterocycles. The van der Waals surface area contributed by atoms with Gasteiger partial charge in [-0.1, -0.05) is 34.1 Å². The van der Waals surface area contributed by atoms with Gasteiger partial charge in [0.05, 0.1) is 0 Å². The van der Waals surface area contributed by atoms with Gasteiger partial charge in [-0.2, -0.15) is 0 Å². The minimum absolute atomic E-state index is 0.544. The third kappa shape index (κ3) is 5.14. The summed E-state index contributed by atoms with van der Waals surface area (Å²) >= 11 is 3.47. The Kier molecular flexibility index (Phi) is 5.66. The molecular weight excluding hydrogens is 250 g/mol. The standard InChI is InChI=1S/C13H18BrN/c1-3-4-6-11(2)15-10-12-7-5-8-13(14)9-12/h3,5,7-9,11,15H,1,4,6,10H2,2H3. The predicted octanol–water partition coefficient (Wildman–Crippen LogP) is 3.89. The zero-order chi connectivity index (χ0) is 11.1. The lowest BCUT2D eigenvalue weighted by Crippen LogP contribution is -2.25. The van der Waals surface area contributed by atoms with E-state index in [2.05, 4.69) is 52.9 Å². The molecule has 1 rings (SSSR count). The number of nitrogens with one attached hydrogen (secondary N) is 1. The first kappa shape index (κ1) is 12.5. The van der Waals surface area contributed by atoms with Crippen LogP contribution >= 0.6 is 15.9 Å². The summed E-state index contributed by atoms with van der Waals surface area (Å²) in [5.74, 6) is 0. The molecule has 1 nitrogen and oxygen atoms in total. The number of hydrogen-bond donors (Lipinski definition) is 1. The van der Waals surface area contributed by atoms with E-state index in [1.807, 2.05) is 12.1 Å². The molecule has 1 unspecified atom stereocenters. The zero-order valence-electron chi connectivity index (χ0n) is 9.17. The molecule has 15 heavy (non-hydrogen) atoms. The zero-order valence-corrected chi connectivity index (χ0v) is 10.8. The van der Waals surface area contributed by atoms with Gasteiger partial charge in [0.1, 0.15) is 0 Å². The molecule has 0 aliphatic heterocycles. The summed E-state index contributed by atoms with van der Waals surface area (Å²) in [4.78, 5) is 0. The Bertz CT molecular complexity index is 309. The molecule has 0 amide bonds. The van der Waals surface area contributed by atoms with Gasteiger partial charge in [-0.3, -0.25) is 0 Å². The summed E-state index contributed by atoms with van der Waals surface area (Å²) in [5.41, 5.74) is 1.31. The van der Waals surface area contributed by atoms with Crippen LogP contribution in [0.1, 0.15) is 25.3 Å². The molecule has 0 fully saturated rings. The van der Waals surface area contributed by atoms with Gasteiger partial charge in [-0.05, 0) is 37.5 Å². The Balaban J connectivity index is 2.33. The summed E-state index contributed by atoms with van der Waals surface area (Å²) in [5, 5.41) is 3.49. The summed E-state index contributed by atoms with van der Waals surface area (Å²) in [7, 11) is 0. The van der Waals surface area contributed by atoms with Crippen LogP contribution in [0, 0.1) is 0 Å². The highest BCUT2D eigenvalue weighted by Gasteiger charge is 2.00. The van der Waals surface area contributed by atoms with E-state index in [9.17, 15) is 0 Å². The molecular formula is C13H18BrN. The molecule has 0 aliphatic rings. The van der Waals surface area contributed by atoms with Gasteiger partial charge in [0.25, 0.3) is 0 Å². The third-order valence-corrected chi connectivity index (χ3v) is 2.84. The van der Waals surface area contributed by atoms with Crippen LogP contribution in [-0.4, -0.2) is 6.04 Å². The van der Waals surface area contributed by atoms with Crippen molar-refractivity contribution in [2.75, 3.05) is 0 Å². The lowest BCUT2D eigenvalue weighted by atomic mass is 10.1. The molecule has 82 valence electrons. The van der Waals surface area contributed by atoms with Crippen LogP contribution in [0.15, 0.2) is 41.4 Å². The maximum absolute atomic E-state index is 3.73. The van der Waals surface area contributed by atoms with Crippen LogP contribution in [0.5, 0.6) is 0 Å². The number of benzene rings is 1. The molecule has 1 aromatic carbocycles. The van der Waals surface area contributed by atoms with E-state index in [4.69, 9.17) is 0 Å². The maximum Gasteiger partial charge on any atom is 0.0208 e. The molecule has 0 saturated carbocycles. The van der Waals surface area contributed by atoms with Crippen molar-refractivity contribution in [2.45, 2.75) is 32.4 Å². The molecule has 1 aromatic rings. The van der Waals surface area contributed by atoms with Gasteiger partial charge in [-0.25, -0.2) is 0 Å². The fourth-order valence-corrected chi connectivity index (χ4v) is 1.86. The second-order valence-electron chi connectivity index (χ2n) is 3.78. The molecule has 0 spiro atoms. The lowest BCUT2D eigenvalue weighted by Gasteiger charge is -2.12. The fourth-order valence-electron chi connectivity index (χ4n) is 1.41. The summed E-state index contributed by atoms with van der Waals surface area (Å²) in [6, 6.07) is 8.94. The second kappa shape index (κ2) is 6.81. The molecule has 1 atom stereocenters. The minimum Gasteiger partial charge on any atom is -0.310 e. The summed E-state index contributed by atoms with van der Waals surface area (Å²) < 4.78 is 1.14. The quantitative estimate of drug-likeness (QED) is 0.772. The normalized spacial score (nSPS) is 12.4. The fraction of sp³-hybridized carbons (Fsp3) is 0.385. The first-order valence-corrected chi connectivity index (χ1v) is 6.10. The van der Waals surface area contributed by atoms with Gasteiger partial charge < -0.3 is 5.32 Å². The molecule has 0 aliphatic carbocycles. The predicted molar refractivity (Wildman–Crippen MR) is 69.9 cm³/mol. The van der Waals surface area contributed by atoms with Crippen molar-refractivity contribution in [3.8, 4) is 0 Å². The molecule has 2 heteroatoms. The van der Waals surface area contributed by atoms with E-state index in [1.54, 1.807) is 0 Å². The first-order valence-electron chi connectivity index (χ1n) is 5.31. The van der Waals surface area contributed by atoms with Crippen molar-refractivity contribution >= 4 is 15.9 Å². The average molecular weight is 268 g/mol. The number of halogens is 1. The van der Waals surface area contributed by atoms with Crippen LogP contribution in [-0.2, 0) is 6.54 Å². The first-order chi connectivity index (χ1) is 7.22. The average Bonchev–Trinajstić information content (AvgIpc) is 2.23. The smallest absolute Gasteiger partial charge is 0.0208 e. The molecule has 0 bridgehead atoms. The van der Waals surface area contributed by atoms with Crippen LogP contribution < -0.4 is 5.32 Å². The van der Waals surface area contributed by atoms with Crippen LogP contribution in [0.3, 0.4) is 0 Å². The highest BCUT2D eigenvalue weighted by molar-refractivity contribution is 9.10. The summed E-state index contributed by atoms with van der Waals surface area (Å²) in [6.07, 6.45) is 4.20. The van der Waals surface area contributed by atoms with Crippen molar-refractivity contribution < 1.29 is 0 Å². The Morgan fingerprint density at radius 3 is 3.00 bits per heavy atom. The monoisotopic (exact) mass is 267 g/mol. The second-order valence-corrected chi connectivity index (χ2v) is 4.69. The molecule has 0 radical (unpaired) electrons. The minimum atomic E-state index is 0.544. The largest absolute Gasteiger partial charge is 0.310 e. The van der Waals surface area contributed by atoms with E-state index in [0.717, 1.165) is 23.9 Å². The number of hydrogen-bond acceptors (Lipinski definition) is 1. The maximum atomic E-state index is 3.73. The van der Waals surface area contributed by atoms with E-state index in [0.29, 0.717) is 6.04 Å². The lowest BCUT2D eigenvalue weighted by molar-refractivity contribution is 0.518. The van der Waals surface area contributed by atoms with E-state index < -0.39 is 0 Å². The Hall–Kier alpha value is -0.600. The van der Waals surface area contributed by atoms with Crippen LogP contribution in [0.2, 0.25) is 0 Å². The number of allylic oxidation sites excluding steroid dienone is 1. The Morgan fingerprint density at radius 2 is 2.33 bits per heavy atom. The van der Waals surface area contributed by atoms with Gasteiger partial charge in [-0.15, -0.1) is 6.58 Å². The molecule has 0 aromatic heterocycles. The van der Waals surface area contributed by atoms with Crippen molar-refractivity contribution in [3.05, 3.63) is 47.0 Å². The molecule has 0 heterocycles. The van der Waals surface area contributed by atoms with Crippen molar-refractivity contribution in [2.24, 2.45) is 0 Å². The Morgan fingerprint density at radius 1 is 1.53 bits per heavy atom. The van der Waals surface area contributed by atoms with E-state index in [1.165, 1.54) is 5.56 Å². The van der Waals surface area contributed by atoms with Crippen LogP contribution in [0.4, 0.5) is 0 Å². The van der Waals surface area contributed by atoms with Crippen molar-refractivity contribution in [1.29, 1.82) is 0 Å². The highest BCUT2D eigenvalue weighted by atomic mass is 79.9.